The zero-order valence-corrected chi connectivity index (χ0v) is 15.8. The summed E-state index contributed by atoms with van der Waals surface area (Å²) in [5, 5.41) is 3.84. The number of oxazole rings is 1. The first-order valence-electron chi connectivity index (χ1n) is 7.98. The average Bonchev–Trinajstić information content (AvgIpc) is 3.32. The highest BCUT2D eigenvalue weighted by atomic mass is 35.5. The smallest absolute Gasteiger partial charge is 0.234 e. The lowest BCUT2D eigenvalue weighted by atomic mass is 10.2. The summed E-state index contributed by atoms with van der Waals surface area (Å²) in [4.78, 5) is 4.36. The van der Waals surface area contributed by atoms with Crippen molar-refractivity contribution >= 4 is 38.9 Å². The van der Waals surface area contributed by atoms with Crippen molar-refractivity contribution in [3.05, 3.63) is 58.6 Å². The fraction of sp³-hybridized carbons (Fsp3) is 0.167. The summed E-state index contributed by atoms with van der Waals surface area (Å²) in [5.74, 6) is 0.295. The minimum atomic E-state index is -3.87. The maximum absolute atomic E-state index is 13.1. The largest absolute Gasteiger partial charge is 0.419 e. The van der Waals surface area contributed by atoms with E-state index in [1.54, 1.807) is 24.3 Å². The highest BCUT2D eigenvalue weighted by Crippen LogP contribution is 2.37. The third-order valence-electron chi connectivity index (χ3n) is 3.99. The van der Waals surface area contributed by atoms with Gasteiger partial charge in [0.05, 0.1) is 15.5 Å². The Kier molecular flexibility index (Phi) is 4.42. The third kappa shape index (κ3) is 3.32. The summed E-state index contributed by atoms with van der Waals surface area (Å²) in [6, 6.07) is 13.1. The van der Waals surface area contributed by atoms with Gasteiger partial charge in [-0.05, 0) is 49.2 Å². The number of sulfone groups is 1. The second-order valence-corrected chi connectivity index (χ2v) is 8.72. The number of benzene rings is 2. The molecule has 1 heterocycles. The lowest BCUT2D eigenvalue weighted by Gasteiger charge is -2.04. The van der Waals surface area contributed by atoms with Crippen molar-refractivity contribution in [1.29, 1.82) is 0 Å². The Labute approximate surface area is 160 Å². The summed E-state index contributed by atoms with van der Waals surface area (Å²) in [7, 11) is -3.87. The van der Waals surface area contributed by atoms with Crippen LogP contribution in [0.2, 0.25) is 10.0 Å². The van der Waals surface area contributed by atoms with Gasteiger partial charge in [0, 0.05) is 11.1 Å². The summed E-state index contributed by atoms with van der Waals surface area (Å²) < 4.78 is 31.9. The van der Waals surface area contributed by atoms with E-state index in [1.165, 1.54) is 24.3 Å². The fourth-order valence-electron chi connectivity index (χ4n) is 2.47. The summed E-state index contributed by atoms with van der Waals surface area (Å²) in [5.41, 5.74) is 0.533. The van der Waals surface area contributed by atoms with E-state index in [0.717, 1.165) is 12.8 Å². The van der Waals surface area contributed by atoms with Crippen molar-refractivity contribution in [2.75, 3.05) is 5.32 Å². The van der Waals surface area contributed by atoms with Gasteiger partial charge in [0.25, 0.3) is 0 Å². The molecular formula is C18H14Cl2N2O3S. The maximum atomic E-state index is 13.1. The number of rotatable bonds is 5. The Morgan fingerprint density at radius 1 is 1.04 bits per heavy atom. The normalized spacial score (nSPS) is 14.4. The van der Waals surface area contributed by atoms with E-state index >= 15 is 0 Å². The van der Waals surface area contributed by atoms with Crippen molar-refractivity contribution in [2.45, 2.75) is 28.8 Å². The molecule has 1 aromatic heterocycles. The van der Waals surface area contributed by atoms with Crippen LogP contribution < -0.4 is 5.32 Å². The Bertz CT molecular complexity index is 1060. The van der Waals surface area contributed by atoms with Crippen LogP contribution in [0.5, 0.6) is 0 Å². The number of aromatic nitrogens is 1. The van der Waals surface area contributed by atoms with Gasteiger partial charge in [-0.25, -0.2) is 8.42 Å². The molecule has 8 heteroatoms. The minimum Gasteiger partial charge on any atom is -0.419 e. The highest BCUT2D eigenvalue weighted by molar-refractivity contribution is 7.91. The number of hydrogen-bond donors (Lipinski definition) is 1. The van der Waals surface area contributed by atoms with Gasteiger partial charge in [-0.2, -0.15) is 4.98 Å². The summed E-state index contributed by atoms with van der Waals surface area (Å²) >= 11 is 12.1. The van der Waals surface area contributed by atoms with Crippen LogP contribution in [0.15, 0.2) is 62.9 Å². The van der Waals surface area contributed by atoms with Crippen LogP contribution in [0.25, 0.3) is 11.5 Å². The zero-order valence-electron chi connectivity index (χ0n) is 13.4. The van der Waals surface area contributed by atoms with Crippen molar-refractivity contribution in [3.8, 4) is 11.5 Å². The van der Waals surface area contributed by atoms with Crippen LogP contribution in [0.1, 0.15) is 12.8 Å². The van der Waals surface area contributed by atoms with Crippen LogP contribution >= 0.6 is 23.2 Å². The molecule has 0 atom stereocenters. The van der Waals surface area contributed by atoms with Gasteiger partial charge in [0.2, 0.25) is 26.6 Å². The first kappa shape index (κ1) is 17.4. The maximum Gasteiger partial charge on any atom is 0.234 e. The van der Waals surface area contributed by atoms with E-state index in [2.05, 4.69) is 10.3 Å². The van der Waals surface area contributed by atoms with Crippen molar-refractivity contribution in [1.82, 2.24) is 4.98 Å². The second-order valence-electron chi connectivity index (χ2n) is 6.01. The molecule has 1 N–H and O–H groups in total. The molecule has 1 aliphatic rings. The predicted octanol–water partition coefficient (Wildman–Crippen LogP) is 5.06. The second kappa shape index (κ2) is 6.61. The number of anilines is 1. The van der Waals surface area contributed by atoms with Gasteiger partial charge in [0.15, 0.2) is 0 Å². The van der Waals surface area contributed by atoms with E-state index in [-0.39, 0.29) is 27.7 Å². The topological polar surface area (TPSA) is 72.2 Å². The zero-order chi connectivity index (χ0) is 18.3. The van der Waals surface area contributed by atoms with Gasteiger partial charge in [-0.3, -0.25) is 0 Å². The molecule has 5 nitrogen and oxygen atoms in total. The van der Waals surface area contributed by atoms with E-state index in [4.69, 9.17) is 27.6 Å². The van der Waals surface area contributed by atoms with Crippen LogP contribution in [0, 0.1) is 0 Å². The quantitative estimate of drug-likeness (QED) is 0.638. The van der Waals surface area contributed by atoms with Crippen LogP contribution in [0.3, 0.4) is 0 Å². The molecule has 0 bridgehead atoms. The molecule has 1 aliphatic carbocycles. The van der Waals surface area contributed by atoms with Crippen LogP contribution in [-0.4, -0.2) is 19.4 Å². The summed E-state index contributed by atoms with van der Waals surface area (Å²) in [6.45, 7) is 0. The molecule has 0 unspecified atom stereocenters. The van der Waals surface area contributed by atoms with Crippen LogP contribution in [0.4, 0.5) is 5.88 Å². The standard InChI is InChI=1S/C18H14Cl2N2O3S/c19-11-5-9-13(10-6-11)26(23,24)18-17(21-12-7-8-12)25-16(22-18)14-3-1-2-4-15(14)20/h1-6,9-10,12,21H,7-8H2. The lowest BCUT2D eigenvalue weighted by Crippen LogP contribution is -2.08. The van der Waals surface area contributed by atoms with E-state index in [1.807, 2.05) is 0 Å². The first-order valence-corrected chi connectivity index (χ1v) is 10.2. The molecule has 2 aromatic carbocycles. The average molecular weight is 409 g/mol. The van der Waals surface area contributed by atoms with Gasteiger partial charge in [-0.1, -0.05) is 35.3 Å². The van der Waals surface area contributed by atoms with Gasteiger partial charge < -0.3 is 9.73 Å². The molecule has 0 radical (unpaired) electrons. The Morgan fingerprint density at radius 2 is 1.73 bits per heavy atom. The highest BCUT2D eigenvalue weighted by Gasteiger charge is 2.32. The van der Waals surface area contributed by atoms with Gasteiger partial charge >= 0.3 is 0 Å². The molecule has 0 aliphatic heterocycles. The van der Waals surface area contributed by atoms with Crippen molar-refractivity contribution in [3.63, 3.8) is 0 Å². The molecule has 134 valence electrons. The predicted molar refractivity (Wildman–Crippen MR) is 100 cm³/mol. The van der Waals surface area contributed by atoms with E-state index in [0.29, 0.717) is 15.6 Å². The Hall–Kier alpha value is -2.02. The monoisotopic (exact) mass is 408 g/mol. The van der Waals surface area contributed by atoms with Crippen molar-refractivity contribution < 1.29 is 12.8 Å². The number of nitrogens with zero attached hydrogens (tertiary/aromatic N) is 1. The van der Waals surface area contributed by atoms with E-state index in [9.17, 15) is 8.42 Å². The molecule has 4 rings (SSSR count). The SMILES string of the molecule is O=S(=O)(c1ccc(Cl)cc1)c1nc(-c2ccccc2Cl)oc1NC1CC1. The Balaban J connectivity index is 1.83. The fourth-order valence-corrected chi connectivity index (χ4v) is 4.08. The van der Waals surface area contributed by atoms with Gasteiger partial charge in [-0.15, -0.1) is 0 Å². The molecule has 1 fully saturated rings. The minimum absolute atomic E-state index is 0.0970. The molecule has 0 amide bonds. The van der Waals surface area contributed by atoms with Gasteiger partial charge in [0.1, 0.15) is 0 Å². The third-order valence-corrected chi connectivity index (χ3v) is 6.25. The first-order chi connectivity index (χ1) is 12.4. The number of hydrogen-bond acceptors (Lipinski definition) is 5. The summed E-state index contributed by atoms with van der Waals surface area (Å²) in [6.07, 6.45) is 1.92. The van der Waals surface area contributed by atoms with Crippen molar-refractivity contribution in [2.24, 2.45) is 0 Å². The van der Waals surface area contributed by atoms with Crippen LogP contribution in [-0.2, 0) is 9.84 Å². The molecule has 1 saturated carbocycles. The molecular weight excluding hydrogens is 395 g/mol. The number of halogens is 2. The molecule has 0 saturated heterocycles. The molecule has 0 spiro atoms. The van der Waals surface area contributed by atoms with E-state index < -0.39 is 9.84 Å². The molecule has 26 heavy (non-hydrogen) atoms. The number of nitrogens with one attached hydrogen (secondary N) is 1. The lowest BCUT2D eigenvalue weighted by molar-refractivity contribution is 0.576. The Morgan fingerprint density at radius 3 is 2.38 bits per heavy atom. The molecule has 3 aromatic rings.